The highest BCUT2D eigenvalue weighted by Crippen LogP contribution is 2.35. The third-order valence-electron chi connectivity index (χ3n) is 3.91. The van der Waals surface area contributed by atoms with E-state index in [0.717, 1.165) is 19.0 Å². The number of aliphatic hydroxyl groups is 1. The van der Waals surface area contributed by atoms with Crippen LogP contribution in [0, 0.1) is 11.2 Å². The SMILES string of the molecule is CC1(C)CC[C@@H](O)[C@H](NC(=O)Cc2ccncc2F)C1. The van der Waals surface area contributed by atoms with Crippen molar-refractivity contribution in [1.29, 1.82) is 0 Å². The molecule has 0 radical (unpaired) electrons. The Labute approximate surface area is 118 Å². The molecule has 0 spiro atoms. The molecule has 1 amide bonds. The minimum absolute atomic E-state index is 0.0298. The van der Waals surface area contributed by atoms with Crippen LogP contribution >= 0.6 is 0 Å². The first-order valence-corrected chi connectivity index (χ1v) is 6.93. The molecule has 1 fully saturated rings. The van der Waals surface area contributed by atoms with E-state index in [0.29, 0.717) is 12.0 Å². The molecule has 0 saturated heterocycles. The Bertz CT molecular complexity index is 491. The van der Waals surface area contributed by atoms with Gasteiger partial charge in [0.25, 0.3) is 0 Å². The van der Waals surface area contributed by atoms with E-state index in [1.807, 2.05) is 0 Å². The molecule has 2 rings (SSSR count). The van der Waals surface area contributed by atoms with Crippen molar-refractivity contribution in [2.75, 3.05) is 0 Å². The second-order valence-corrected chi connectivity index (χ2v) is 6.29. The van der Waals surface area contributed by atoms with E-state index >= 15 is 0 Å². The summed E-state index contributed by atoms with van der Waals surface area (Å²) in [6.07, 6.45) is 4.37. The molecule has 2 N–H and O–H groups in total. The summed E-state index contributed by atoms with van der Waals surface area (Å²) in [7, 11) is 0. The first-order valence-electron chi connectivity index (χ1n) is 6.93. The summed E-state index contributed by atoms with van der Waals surface area (Å²) in [6, 6.07) is 1.24. The summed E-state index contributed by atoms with van der Waals surface area (Å²) in [4.78, 5) is 15.6. The molecule has 1 aromatic rings. The van der Waals surface area contributed by atoms with E-state index in [2.05, 4.69) is 24.1 Å². The highest BCUT2D eigenvalue weighted by Gasteiger charge is 2.34. The Morgan fingerprint density at radius 3 is 3.05 bits per heavy atom. The van der Waals surface area contributed by atoms with Crippen molar-refractivity contribution in [2.24, 2.45) is 5.41 Å². The molecule has 0 aromatic carbocycles. The molecule has 5 heteroatoms. The van der Waals surface area contributed by atoms with Crippen LogP contribution in [0.4, 0.5) is 4.39 Å². The molecule has 0 aliphatic heterocycles. The molecule has 1 aliphatic carbocycles. The summed E-state index contributed by atoms with van der Waals surface area (Å²) in [5.41, 5.74) is 0.432. The van der Waals surface area contributed by atoms with Crippen LogP contribution < -0.4 is 5.32 Å². The average Bonchev–Trinajstić information content (AvgIpc) is 2.36. The maximum Gasteiger partial charge on any atom is 0.224 e. The van der Waals surface area contributed by atoms with Crippen LogP contribution in [0.2, 0.25) is 0 Å². The zero-order valence-corrected chi connectivity index (χ0v) is 11.9. The van der Waals surface area contributed by atoms with Crippen LogP contribution in [0.5, 0.6) is 0 Å². The van der Waals surface area contributed by atoms with Gasteiger partial charge in [0.2, 0.25) is 5.91 Å². The number of nitrogens with one attached hydrogen (secondary N) is 1. The molecular formula is C15H21FN2O2. The molecule has 4 nitrogen and oxygen atoms in total. The number of aromatic nitrogens is 1. The van der Waals surface area contributed by atoms with Crippen molar-refractivity contribution in [3.8, 4) is 0 Å². The van der Waals surface area contributed by atoms with Gasteiger partial charge in [-0.15, -0.1) is 0 Å². The van der Waals surface area contributed by atoms with Crippen LogP contribution in [0.3, 0.4) is 0 Å². The second kappa shape index (κ2) is 5.87. The Kier molecular flexibility index (Phi) is 4.38. The molecule has 1 saturated carbocycles. The lowest BCUT2D eigenvalue weighted by molar-refractivity contribution is -0.122. The smallest absolute Gasteiger partial charge is 0.224 e. The number of hydrogen-bond acceptors (Lipinski definition) is 3. The Hall–Kier alpha value is -1.49. The molecular weight excluding hydrogens is 259 g/mol. The van der Waals surface area contributed by atoms with Gasteiger partial charge in [0.1, 0.15) is 5.82 Å². The van der Waals surface area contributed by atoms with E-state index in [4.69, 9.17) is 0 Å². The minimum atomic E-state index is -0.519. The molecule has 1 aromatic heterocycles. The fourth-order valence-electron chi connectivity index (χ4n) is 2.70. The molecule has 0 bridgehead atoms. The Balaban J connectivity index is 1.96. The van der Waals surface area contributed by atoms with Crippen molar-refractivity contribution in [3.05, 3.63) is 29.8 Å². The maximum absolute atomic E-state index is 13.4. The number of hydrogen-bond donors (Lipinski definition) is 2. The largest absolute Gasteiger partial charge is 0.391 e. The van der Waals surface area contributed by atoms with Crippen molar-refractivity contribution in [3.63, 3.8) is 0 Å². The normalized spacial score (nSPS) is 25.2. The standard InChI is InChI=1S/C15H21FN2O2/c1-15(2)5-3-13(19)12(8-15)18-14(20)7-10-4-6-17-9-11(10)16/h4,6,9,12-13,19H,3,5,7-8H2,1-2H3,(H,18,20)/t12-,13-/m1/s1. The maximum atomic E-state index is 13.4. The molecule has 2 atom stereocenters. The summed E-state index contributed by atoms with van der Waals surface area (Å²) in [5.74, 6) is -0.746. The quantitative estimate of drug-likeness (QED) is 0.887. The van der Waals surface area contributed by atoms with Crippen LogP contribution in [-0.2, 0) is 11.2 Å². The van der Waals surface area contributed by atoms with E-state index in [1.165, 1.54) is 12.3 Å². The third-order valence-corrected chi connectivity index (χ3v) is 3.91. The van der Waals surface area contributed by atoms with Gasteiger partial charge in [-0.1, -0.05) is 13.8 Å². The number of aliphatic hydroxyl groups excluding tert-OH is 1. The summed E-state index contributed by atoms with van der Waals surface area (Å²) in [6.45, 7) is 4.25. The van der Waals surface area contributed by atoms with E-state index < -0.39 is 11.9 Å². The van der Waals surface area contributed by atoms with Gasteiger partial charge in [0, 0.05) is 11.8 Å². The van der Waals surface area contributed by atoms with Crippen LogP contribution in [0.15, 0.2) is 18.5 Å². The zero-order chi connectivity index (χ0) is 14.8. The Morgan fingerprint density at radius 2 is 2.35 bits per heavy atom. The third kappa shape index (κ3) is 3.76. The molecule has 110 valence electrons. The lowest BCUT2D eigenvalue weighted by Gasteiger charge is -2.38. The predicted molar refractivity (Wildman–Crippen MR) is 73.5 cm³/mol. The van der Waals surface area contributed by atoms with Gasteiger partial charge in [0.05, 0.1) is 24.8 Å². The number of pyridine rings is 1. The van der Waals surface area contributed by atoms with Gasteiger partial charge < -0.3 is 10.4 Å². The summed E-state index contributed by atoms with van der Waals surface area (Å²) >= 11 is 0. The van der Waals surface area contributed by atoms with Crippen molar-refractivity contribution in [2.45, 2.75) is 51.7 Å². The fourth-order valence-corrected chi connectivity index (χ4v) is 2.70. The van der Waals surface area contributed by atoms with Gasteiger partial charge in [-0.3, -0.25) is 9.78 Å². The first-order chi connectivity index (χ1) is 9.37. The van der Waals surface area contributed by atoms with Crippen LogP contribution in [0.25, 0.3) is 0 Å². The highest BCUT2D eigenvalue weighted by molar-refractivity contribution is 5.78. The number of rotatable bonds is 3. The van der Waals surface area contributed by atoms with Gasteiger partial charge in [0.15, 0.2) is 0 Å². The summed E-state index contributed by atoms with van der Waals surface area (Å²) in [5, 5.41) is 12.8. The summed E-state index contributed by atoms with van der Waals surface area (Å²) < 4.78 is 13.4. The Morgan fingerprint density at radius 1 is 1.60 bits per heavy atom. The van der Waals surface area contributed by atoms with Gasteiger partial charge in [-0.05, 0) is 30.7 Å². The number of halogens is 1. The van der Waals surface area contributed by atoms with Gasteiger partial charge in [-0.25, -0.2) is 4.39 Å². The topological polar surface area (TPSA) is 62.2 Å². The van der Waals surface area contributed by atoms with E-state index in [-0.39, 0.29) is 23.8 Å². The first kappa shape index (κ1) is 14.9. The molecule has 1 heterocycles. The highest BCUT2D eigenvalue weighted by atomic mass is 19.1. The molecule has 20 heavy (non-hydrogen) atoms. The van der Waals surface area contributed by atoms with Gasteiger partial charge in [-0.2, -0.15) is 0 Å². The fraction of sp³-hybridized carbons (Fsp3) is 0.600. The zero-order valence-electron chi connectivity index (χ0n) is 11.9. The van der Waals surface area contributed by atoms with Crippen LogP contribution in [-0.4, -0.2) is 28.1 Å². The second-order valence-electron chi connectivity index (χ2n) is 6.29. The van der Waals surface area contributed by atoms with Gasteiger partial charge >= 0.3 is 0 Å². The molecule has 1 aliphatic rings. The average molecular weight is 280 g/mol. The minimum Gasteiger partial charge on any atom is -0.391 e. The van der Waals surface area contributed by atoms with E-state index in [9.17, 15) is 14.3 Å². The lowest BCUT2D eigenvalue weighted by atomic mass is 9.74. The number of amides is 1. The van der Waals surface area contributed by atoms with Crippen molar-refractivity contribution < 1.29 is 14.3 Å². The van der Waals surface area contributed by atoms with E-state index in [1.54, 1.807) is 0 Å². The van der Waals surface area contributed by atoms with Crippen molar-refractivity contribution in [1.82, 2.24) is 10.3 Å². The van der Waals surface area contributed by atoms with Crippen LogP contribution in [0.1, 0.15) is 38.7 Å². The lowest BCUT2D eigenvalue weighted by Crippen LogP contribution is -2.49. The molecule has 0 unspecified atom stereocenters. The number of nitrogens with zero attached hydrogens (tertiary/aromatic N) is 1. The predicted octanol–water partition coefficient (Wildman–Crippen LogP) is 1.82. The monoisotopic (exact) mass is 280 g/mol. The number of carbonyl (C=O) groups is 1. The van der Waals surface area contributed by atoms with Crippen molar-refractivity contribution >= 4 is 5.91 Å². The number of carbonyl (C=O) groups excluding carboxylic acids is 1.